The van der Waals surface area contributed by atoms with Gasteiger partial charge in [0.25, 0.3) is 0 Å². The van der Waals surface area contributed by atoms with E-state index < -0.39 is 12.1 Å². The summed E-state index contributed by atoms with van der Waals surface area (Å²) in [5.41, 5.74) is 3.37. The van der Waals surface area contributed by atoms with Crippen LogP contribution in [0.4, 0.5) is 29.8 Å². The Morgan fingerprint density at radius 3 is 2.27 bits per heavy atom. The number of thiazole rings is 1. The van der Waals surface area contributed by atoms with Crippen molar-refractivity contribution in [1.82, 2.24) is 9.97 Å². The van der Waals surface area contributed by atoms with Crippen LogP contribution in [0.15, 0.2) is 54.0 Å². The van der Waals surface area contributed by atoms with E-state index >= 15 is 0 Å². The highest BCUT2D eigenvalue weighted by Gasteiger charge is 2.38. The molecule has 0 aliphatic heterocycles. The minimum atomic E-state index is -5.08. The maximum absolute atomic E-state index is 10.6. The molecule has 0 bridgehead atoms. The molecule has 0 saturated heterocycles. The van der Waals surface area contributed by atoms with Gasteiger partial charge in [0, 0.05) is 35.9 Å². The summed E-state index contributed by atoms with van der Waals surface area (Å²) in [5.74, 6) is -1.95. The Morgan fingerprint density at radius 1 is 1.13 bits per heavy atom. The lowest BCUT2D eigenvalue weighted by atomic mass is 10.1. The number of hydrogen-bond donors (Lipinski definition) is 2. The summed E-state index contributed by atoms with van der Waals surface area (Å²) in [4.78, 5) is 20.1. The Labute approximate surface area is 176 Å². The molecule has 3 rings (SSSR count). The van der Waals surface area contributed by atoms with Crippen molar-refractivity contribution in [2.24, 2.45) is 0 Å². The molecule has 2 aromatic heterocycles. The first-order chi connectivity index (χ1) is 14.2. The molecule has 0 aliphatic carbocycles. The normalized spacial score (nSPS) is 10.7. The van der Waals surface area contributed by atoms with Crippen LogP contribution in [0.1, 0.15) is 13.8 Å². The summed E-state index contributed by atoms with van der Waals surface area (Å²) in [5, 5.41) is 13.3. The van der Waals surface area contributed by atoms with Gasteiger partial charge in [-0.25, -0.2) is 14.8 Å². The van der Waals surface area contributed by atoms with Crippen LogP contribution in [0, 0.1) is 0 Å². The van der Waals surface area contributed by atoms with Gasteiger partial charge in [-0.15, -0.1) is 11.3 Å². The number of pyridine rings is 1. The van der Waals surface area contributed by atoms with Crippen LogP contribution in [-0.4, -0.2) is 40.3 Å². The average Bonchev–Trinajstić information content (AvgIpc) is 3.18. The highest BCUT2D eigenvalue weighted by atomic mass is 32.1. The highest BCUT2D eigenvalue weighted by molar-refractivity contribution is 7.14. The van der Waals surface area contributed by atoms with Crippen molar-refractivity contribution in [1.29, 1.82) is 0 Å². The Bertz CT molecular complexity index is 927. The molecular formula is C20H21F3N4O2S. The number of nitrogens with zero attached hydrogens (tertiary/aromatic N) is 3. The van der Waals surface area contributed by atoms with Crippen molar-refractivity contribution in [2.75, 3.05) is 23.3 Å². The third-order valence-electron chi connectivity index (χ3n) is 3.94. The molecule has 0 spiro atoms. The minimum absolute atomic E-state index is 0.810. The van der Waals surface area contributed by atoms with Crippen molar-refractivity contribution >= 4 is 33.9 Å². The van der Waals surface area contributed by atoms with Gasteiger partial charge in [-0.3, -0.25) is 0 Å². The number of aromatic nitrogens is 2. The van der Waals surface area contributed by atoms with Gasteiger partial charge in [0.2, 0.25) is 0 Å². The van der Waals surface area contributed by atoms with Crippen LogP contribution in [-0.2, 0) is 4.79 Å². The van der Waals surface area contributed by atoms with E-state index in [1.807, 2.05) is 18.2 Å². The van der Waals surface area contributed by atoms with Crippen LogP contribution < -0.4 is 10.2 Å². The molecule has 3 aromatic rings. The number of nitrogens with one attached hydrogen (secondary N) is 1. The van der Waals surface area contributed by atoms with Gasteiger partial charge in [-0.05, 0) is 38.1 Å². The summed E-state index contributed by atoms with van der Waals surface area (Å²) in [6, 6.07) is 14.4. The predicted molar refractivity (Wildman–Crippen MR) is 112 cm³/mol. The quantitative estimate of drug-likeness (QED) is 0.535. The van der Waals surface area contributed by atoms with Crippen molar-refractivity contribution < 1.29 is 23.1 Å². The van der Waals surface area contributed by atoms with Gasteiger partial charge < -0.3 is 15.3 Å². The fraction of sp³-hybridized carbons (Fsp3) is 0.250. The Morgan fingerprint density at radius 2 is 1.77 bits per heavy atom. The molecule has 2 N–H and O–H groups in total. The SMILES string of the molecule is CCN(CC)c1ccc(-c2csc(Nc3ccccn3)n2)cc1.O=C(O)C(F)(F)F. The zero-order valence-electron chi connectivity index (χ0n) is 16.3. The number of alkyl halides is 3. The Hall–Kier alpha value is -3.14. The fourth-order valence-corrected chi connectivity index (χ4v) is 3.17. The van der Waals surface area contributed by atoms with Gasteiger partial charge in [0.05, 0.1) is 5.69 Å². The summed E-state index contributed by atoms with van der Waals surface area (Å²) in [6.07, 6.45) is -3.32. The minimum Gasteiger partial charge on any atom is -0.475 e. The molecule has 0 fully saturated rings. The highest BCUT2D eigenvalue weighted by Crippen LogP contribution is 2.28. The lowest BCUT2D eigenvalue weighted by Gasteiger charge is -2.20. The Kier molecular flexibility index (Phi) is 8.16. The molecule has 0 amide bonds. The smallest absolute Gasteiger partial charge is 0.475 e. The predicted octanol–water partition coefficient (Wildman–Crippen LogP) is 5.43. The molecule has 0 unspecified atom stereocenters. The third-order valence-corrected chi connectivity index (χ3v) is 4.70. The maximum Gasteiger partial charge on any atom is 0.490 e. The molecule has 2 heterocycles. The number of rotatable bonds is 6. The summed E-state index contributed by atoms with van der Waals surface area (Å²) >= 11 is 1.59. The van der Waals surface area contributed by atoms with Crippen molar-refractivity contribution in [3.8, 4) is 11.3 Å². The number of carboxylic acid groups (broad SMARTS) is 1. The van der Waals surface area contributed by atoms with E-state index in [-0.39, 0.29) is 0 Å². The number of anilines is 3. The average molecular weight is 438 g/mol. The lowest BCUT2D eigenvalue weighted by molar-refractivity contribution is -0.192. The van der Waals surface area contributed by atoms with Crippen molar-refractivity contribution in [3.63, 3.8) is 0 Å². The molecule has 0 saturated carbocycles. The third kappa shape index (κ3) is 6.73. The van der Waals surface area contributed by atoms with E-state index in [0.717, 1.165) is 35.3 Å². The number of aliphatic carboxylic acids is 1. The molecule has 1 aromatic carbocycles. The Balaban J connectivity index is 0.000000396. The van der Waals surface area contributed by atoms with Crippen LogP contribution >= 0.6 is 11.3 Å². The first-order valence-corrected chi connectivity index (χ1v) is 9.91. The number of halogens is 3. The number of carbonyl (C=O) groups is 1. The van der Waals surface area contributed by atoms with E-state index in [2.05, 4.69) is 63.7 Å². The molecular weight excluding hydrogens is 417 g/mol. The monoisotopic (exact) mass is 438 g/mol. The van der Waals surface area contributed by atoms with E-state index in [0.29, 0.717) is 0 Å². The second-order valence-corrected chi connectivity index (χ2v) is 6.76. The number of carboxylic acids is 1. The van der Waals surface area contributed by atoms with E-state index in [4.69, 9.17) is 9.90 Å². The molecule has 160 valence electrons. The maximum atomic E-state index is 10.6. The summed E-state index contributed by atoms with van der Waals surface area (Å²) < 4.78 is 31.7. The molecule has 0 atom stereocenters. The summed E-state index contributed by atoms with van der Waals surface area (Å²) in [7, 11) is 0. The number of benzene rings is 1. The zero-order valence-corrected chi connectivity index (χ0v) is 17.2. The topological polar surface area (TPSA) is 78.3 Å². The first-order valence-electron chi connectivity index (χ1n) is 9.03. The molecule has 0 radical (unpaired) electrons. The second-order valence-electron chi connectivity index (χ2n) is 5.90. The van der Waals surface area contributed by atoms with Gasteiger partial charge in [-0.1, -0.05) is 18.2 Å². The van der Waals surface area contributed by atoms with Crippen LogP contribution in [0.2, 0.25) is 0 Å². The van der Waals surface area contributed by atoms with Crippen molar-refractivity contribution in [3.05, 3.63) is 54.0 Å². The van der Waals surface area contributed by atoms with Gasteiger partial charge in [0.1, 0.15) is 5.82 Å². The van der Waals surface area contributed by atoms with E-state index in [1.54, 1.807) is 17.5 Å². The van der Waals surface area contributed by atoms with Gasteiger partial charge >= 0.3 is 12.1 Å². The first kappa shape index (κ1) is 23.1. The molecule has 0 aliphatic rings. The standard InChI is InChI=1S/C18H20N4S.C2HF3O2/c1-3-22(4-2)15-10-8-14(9-11-15)16-13-23-18(20-16)21-17-7-5-6-12-19-17;3-2(4,5)1(6)7/h5-13H,3-4H2,1-2H3,(H,19,20,21);(H,6,7). The number of hydrogen-bond acceptors (Lipinski definition) is 6. The molecule has 10 heteroatoms. The second kappa shape index (κ2) is 10.6. The van der Waals surface area contributed by atoms with Gasteiger partial charge in [0.15, 0.2) is 5.13 Å². The molecule has 30 heavy (non-hydrogen) atoms. The lowest BCUT2D eigenvalue weighted by Crippen LogP contribution is -2.21. The van der Waals surface area contributed by atoms with Crippen LogP contribution in [0.5, 0.6) is 0 Å². The molecule has 6 nitrogen and oxygen atoms in total. The van der Waals surface area contributed by atoms with E-state index in [9.17, 15) is 13.2 Å². The van der Waals surface area contributed by atoms with E-state index in [1.165, 1.54) is 5.69 Å². The van der Waals surface area contributed by atoms with Crippen LogP contribution in [0.25, 0.3) is 11.3 Å². The largest absolute Gasteiger partial charge is 0.490 e. The summed E-state index contributed by atoms with van der Waals surface area (Å²) in [6.45, 7) is 6.39. The van der Waals surface area contributed by atoms with Crippen molar-refractivity contribution in [2.45, 2.75) is 20.0 Å². The fourth-order valence-electron chi connectivity index (χ4n) is 2.44. The van der Waals surface area contributed by atoms with Gasteiger partial charge in [-0.2, -0.15) is 13.2 Å². The van der Waals surface area contributed by atoms with Crippen LogP contribution in [0.3, 0.4) is 0 Å². The zero-order chi connectivity index (χ0) is 22.1.